The highest BCUT2D eigenvalue weighted by molar-refractivity contribution is 7.91. The Kier molecular flexibility index (Phi) is 4.74. The van der Waals surface area contributed by atoms with Gasteiger partial charge < -0.3 is 0 Å². The quantitative estimate of drug-likeness (QED) is 0.765. The second-order valence-corrected chi connectivity index (χ2v) is 8.67. The molecule has 108 valence electrons. The van der Waals surface area contributed by atoms with Crippen LogP contribution in [0.3, 0.4) is 0 Å². The normalized spacial score (nSPS) is 11.9. The summed E-state index contributed by atoms with van der Waals surface area (Å²) in [4.78, 5) is 5.53. The highest BCUT2D eigenvalue weighted by Gasteiger charge is 2.25. The molecule has 0 aliphatic heterocycles. The summed E-state index contributed by atoms with van der Waals surface area (Å²) < 4.78 is 26.8. The Morgan fingerprint density at radius 1 is 1.45 bits per heavy atom. The van der Waals surface area contributed by atoms with Gasteiger partial charge in [0.25, 0.3) is 10.0 Å². The Bertz CT molecular complexity index is 668. The molecule has 0 bridgehead atoms. The van der Waals surface area contributed by atoms with Crippen LogP contribution in [0.5, 0.6) is 0 Å². The molecule has 0 aromatic carbocycles. The zero-order valence-corrected chi connectivity index (χ0v) is 13.8. The van der Waals surface area contributed by atoms with Gasteiger partial charge in [-0.15, -0.1) is 29.3 Å². The monoisotopic (exact) mass is 328 g/mol. The minimum Gasteiger partial charge on any atom is -0.245 e. The Morgan fingerprint density at radius 3 is 2.70 bits per heavy atom. The number of aromatic nitrogens is 1. The molecule has 2 heterocycles. The van der Waals surface area contributed by atoms with Crippen LogP contribution in [0.4, 0.5) is 0 Å². The van der Waals surface area contributed by atoms with Gasteiger partial charge in [-0.05, 0) is 25.3 Å². The summed E-state index contributed by atoms with van der Waals surface area (Å²) in [5, 5.41) is 2.57. The van der Waals surface area contributed by atoms with Crippen molar-refractivity contribution in [2.24, 2.45) is 0 Å². The van der Waals surface area contributed by atoms with Crippen molar-refractivity contribution in [2.45, 2.75) is 24.6 Å². The van der Waals surface area contributed by atoms with E-state index in [1.807, 2.05) is 13.8 Å². The molecule has 4 nitrogen and oxygen atoms in total. The van der Waals surface area contributed by atoms with Gasteiger partial charge in [0.1, 0.15) is 9.22 Å². The lowest BCUT2D eigenvalue weighted by molar-refractivity contribution is 0.439. The van der Waals surface area contributed by atoms with Gasteiger partial charge in [-0.2, -0.15) is 4.31 Å². The fraction of sp³-hybridized carbons (Fsp3) is 0.308. The van der Waals surface area contributed by atoms with E-state index in [2.05, 4.69) is 11.6 Å². The number of hydrogen-bond donors (Lipinski definition) is 0. The largest absolute Gasteiger partial charge is 0.253 e. The van der Waals surface area contributed by atoms with Crippen LogP contribution in [0.1, 0.15) is 15.6 Å². The number of aryl methyl sites for hydroxylation is 2. The van der Waals surface area contributed by atoms with Crippen molar-refractivity contribution in [3.05, 3.63) is 45.7 Å². The third-order valence-corrected chi connectivity index (χ3v) is 7.05. The average Bonchev–Trinajstić information content (AvgIpc) is 3.00. The van der Waals surface area contributed by atoms with Crippen molar-refractivity contribution in [3.63, 3.8) is 0 Å². The van der Waals surface area contributed by atoms with Crippen LogP contribution in [0.15, 0.2) is 34.4 Å². The Balaban J connectivity index is 2.29. The fourth-order valence-corrected chi connectivity index (χ4v) is 5.23. The molecule has 0 unspecified atom stereocenters. The zero-order valence-electron chi connectivity index (χ0n) is 11.4. The summed E-state index contributed by atoms with van der Waals surface area (Å²) in [7, 11) is -3.47. The molecular weight excluding hydrogens is 312 g/mol. The van der Waals surface area contributed by atoms with E-state index in [0.717, 1.165) is 15.6 Å². The van der Waals surface area contributed by atoms with E-state index in [-0.39, 0.29) is 13.1 Å². The van der Waals surface area contributed by atoms with Crippen molar-refractivity contribution >= 4 is 32.7 Å². The van der Waals surface area contributed by atoms with Crippen LogP contribution in [0, 0.1) is 13.8 Å². The van der Waals surface area contributed by atoms with E-state index in [1.165, 1.54) is 27.0 Å². The van der Waals surface area contributed by atoms with Crippen LogP contribution in [-0.4, -0.2) is 24.3 Å². The Morgan fingerprint density at radius 2 is 2.20 bits per heavy atom. The van der Waals surface area contributed by atoms with Gasteiger partial charge in [-0.25, -0.2) is 13.4 Å². The summed E-state index contributed by atoms with van der Waals surface area (Å²) >= 11 is 2.76. The maximum Gasteiger partial charge on any atom is 0.253 e. The smallest absolute Gasteiger partial charge is 0.245 e. The number of hydrogen-bond acceptors (Lipinski definition) is 5. The van der Waals surface area contributed by atoms with Crippen LogP contribution in [0.2, 0.25) is 0 Å². The van der Waals surface area contributed by atoms with Gasteiger partial charge in [-0.1, -0.05) is 12.1 Å². The molecule has 0 amide bonds. The molecule has 7 heteroatoms. The molecular formula is C13H16N2O2S3. The first-order valence-corrected chi connectivity index (χ1v) is 9.16. The van der Waals surface area contributed by atoms with Gasteiger partial charge >= 0.3 is 0 Å². The number of thiazole rings is 1. The van der Waals surface area contributed by atoms with E-state index < -0.39 is 10.0 Å². The molecule has 0 atom stereocenters. The van der Waals surface area contributed by atoms with E-state index >= 15 is 0 Å². The van der Waals surface area contributed by atoms with Crippen molar-refractivity contribution in [2.75, 3.05) is 6.54 Å². The molecule has 2 rings (SSSR count). The Labute approximate surface area is 127 Å². The predicted molar refractivity (Wildman–Crippen MR) is 83.7 cm³/mol. The maximum atomic E-state index is 12.5. The van der Waals surface area contributed by atoms with Crippen LogP contribution in [-0.2, 0) is 16.6 Å². The fourth-order valence-electron chi connectivity index (χ4n) is 1.69. The first kappa shape index (κ1) is 15.4. The molecule has 2 aromatic rings. The Hall–Kier alpha value is -1.02. The lowest BCUT2D eigenvalue weighted by Gasteiger charge is -2.18. The first-order chi connectivity index (χ1) is 9.45. The third-order valence-electron chi connectivity index (χ3n) is 2.81. The van der Waals surface area contributed by atoms with Gasteiger partial charge in [0, 0.05) is 11.4 Å². The summed E-state index contributed by atoms with van der Waals surface area (Å²) in [6.45, 7) is 8.12. The second kappa shape index (κ2) is 6.17. The molecule has 2 aromatic heterocycles. The third kappa shape index (κ3) is 3.17. The topological polar surface area (TPSA) is 50.3 Å². The predicted octanol–water partition coefficient (Wildman–Crippen LogP) is 3.20. The molecule has 0 N–H and O–H groups in total. The minimum absolute atomic E-state index is 0.276. The van der Waals surface area contributed by atoms with Crippen molar-refractivity contribution < 1.29 is 8.42 Å². The highest BCUT2D eigenvalue weighted by atomic mass is 32.2. The van der Waals surface area contributed by atoms with E-state index in [9.17, 15) is 8.42 Å². The second-order valence-electron chi connectivity index (χ2n) is 4.27. The molecule has 0 aliphatic rings. The lowest BCUT2D eigenvalue weighted by Crippen LogP contribution is -2.30. The van der Waals surface area contributed by atoms with Gasteiger partial charge in [-0.3, -0.25) is 0 Å². The van der Waals surface area contributed by atoms with E-state index in [1.54, 1.807) is 23.6 Å². The molecule has 20 heavy (non-hydrogen) atoms. The SMILES string of the molecule is C=CCN(Cc1nc(C)c(C)s1)S(=O)(=O)c1cccs1. The maximum absolute atomic E-state index is 12.5. The standard InChI is InChI=1S/C13H16N2O2S3/c1-4-7-15(9-12-14-10(2)11(3)19-12)20(16,17)13-6-5-8-18-13/h4-6,8H,1,7,9H2,2-3H3. The summed E-state index contributed by atoms with van der Waals surface area (Å²) in [6.07, 6.45) is 1.60. The zero-order chi connectivity index (χ0) is 14.8. The molecule has 0 aliphatic carbocycles. The summed E-state index contributed by atoms with van der Waals surface area (Å²) in [5.74, 6) is 0. The van der Waals surface area contributed by atoms with E-state index in [4.69, 9.17) is 0 Å². The summed E-state index contributed by atoms with van der Waals surface area (Å²) in [5.41, 5.74) is 0.956. The van der Waals surface area contributed by atoms with Crippen molar-refractivity contribution in [3.8, 4) is 0 Å². The molecule has 0 spiro atoms. The van der Waals surface area contributed by atoms with Gasteiger partial charge in [0.05, 0.1) is 12.2 Å². The van der Waals surface area contributed by atoms with Crippen LogP contribution >= 0.6 is 22.7 Å². The van der Waals surface area contributed by atoms with Gasteiger partial charge in [0.2, 0.25) is 0 Å². The van der Waals surface area contributed by atoms with Crippen LogP contribution < -0.4 is 0 Å². The van der Waals surface area contributed by atoms with Crippen molar-refractivity contribution in [1.82, 2.24) is 9.29 Å². The number of thiophene rings is 1. The first-order valence-electron chi connectivity index (χ1n) is 6.02. The minimum atomic E-state index is -3.47. The molecule has 0 saturated carbocycles. The average molecular weight is 328 g/mol. The molecule has 0 radical (unpaired) electrons. The number of sulfonamides is 1. The lowest BCUT2D eigenvalue weighted by atomic mass is 10.4. The number of nitrogens with zero attached hydrogens (tertiary/aromatic N) is 2. The molecule has 0 fully saturated rings. The van der Waals surface area contributed by atoms with Crippen LogP contribution in [0.25, 0.3) is 0 Å². The van der Waals surface area contributed by atoms with Gasteiger partial charge in [0.15, 0.2) is 0 Å². The van der Waals surface area contributed by atoms with E-state index in [0.29, 0.717) is 4.21 Å². The molecule has 0 saturated heterocycles. The highest BCUT2D eigenvalue weighted by Crippen LogP contribution is 2.24. The van der Waals surface area contributed by atoms with Crippen molar-refractivity contribution in [1.29, 1.82) is 0 Å². The summed E-state index contributed by atoms with van der Waals surface area (Å²) in [6, 6.07) is 3.36. The number of rotatable bonds is 6.